The van der Waals surface area contributed by atoms with Crippen LogP contribution in [0.2, 0.25) is 0 Å². The topological polar surface area (TPSA) is 38.8 Å². The molecule has 0 aliphatic carbocycles. The summed E-state index contributed by atoms with van der Waals surface area (Å²) in [6.07, 6.45) is 0. The van der Waals surface area contributed by atoms with Crippen molar-refractivity contribution in [1.82, 2.24) is 4.90 Å². The van der Waals surface area contributed by atoms with E-state index < -0.39 is 5.82 Å². The molecule has 0 radical (unpaired) electrons. The van der Waals surface area contributed by atoms with Crippen molar-refractivity contribution in [3.63, 3.8) is 0 Å². The number of para-hydroxylation sites is 1. The molecule has 150 valence electrons. The highest BCUT2D eigenvalue weighted by atomic mass is 19.1. The minimum absolute atomic E-state index is 0.155. The monoisotopic (exact) mass is 397 g/mol. The summed E-state index contributed by atoms with van der Waals surface area (Å²) >= 11 is 0. The Kier molecular flexibility index (Phi) is 6.44. The Morgan fingerprint density at radius 2 is 1.62 bits per heavy atom. The maximum absolute atomic E-state index is 13.9. The summed E-state index contributed by atoms with van der Waals surface area (Å²) < 4.78 is 37.6. The van der Waals surface area contributed by atoms with E-state index in [1.165, 1.54) is 36.3 Å². The lowest BCUT2D eigenvalue weighted by atomic mass is 10.1. The van der Waals surface area contributed by atoms with Crippen molar-refractivity contribution in [3.05, 3.63) is 95.1 Å². The molecule has 3 aromatic rings. The Morgan fingerprint density at radius 3 is 2.31 bits per heavy atom. The minimum atomic E-state index is -0.478. The normalized spacial score (nSPS) is 10.5. The molecule has 0 aliphatic heterocycles. The molecule has 0 N–H and O–H groups in total. The van der Waals surface area contributed by atoms with E-state index >= 15 is 0 Å². The Balaban J connectivity index is 1.71. The molecular formula is C23H21F2NO3. The number of methoxy groups -OCH3 is 1. The smallest absolute Gasteiger partial charge is 0.257 e. The lowest BCUT2D eigenvalue weighted by molar-refractivity contribution is 0.0780. The molecule has 0 unspecified atom stereocenters. The van der Waals surface area contributed by atoms with Crippen LogP contribution in [0, 0.1) is 11.6 Å². The van der Waals surface area contributed by atoms with Crippen molar-refractivity contribution in [2.45, 2.75) is 13.2 Å². The van der Waals surface area contributed by atoms with Gasteiger partial charge >= 0.3 is 0 Å². The number of hydrogen-bond acceptors (Lipinski definition) is 3. The van der Waals surface area contributed by atoms with Gasteiger partial charge in [0.15, 0.2) is 11.6 Å². The molecule has 0 heterocycles. The Labute approximate surface area is 168 Å². The third kappa shape index (κ3) is 5.10. The Bertz CT molecular complexity index is 990. The van der Waals surface area contributed by atoms with Crippen molar-refractivity contribution >= 4 is 5.91 Å². The first-order valence-electron chi connectivity index (χ1n) is 9.02. The molecule has 4 nitrogen and oxygen atoms in total. The van der Waals surface area contributed by atoms with E-state index in [0.29, 0.717) is 16.9 Å². The molecule has 0 spiro atoms. The van der Waals surface area contributed by atoms with Gasteiger partial charge in [-0.1, -0.05) is 30.3 Å². The quantitative estimate of drug-likeness (QED) is 0.574. The number of benzene rings is 3. The van der Waals surface area contributed by atoms with Crippen LogP contribution >= 0.6 is 0 Å². The first-order valence-corrected chi connectivity index (χ1v) is 9.02. The summed E-state index contributed by atoms with van der Waals surface area (Å²) in [5.41, 5.74) is 1.82. The van der Waals surface area contributed by atoms with E-state index in [4.69, 9.17) is 9.47 Å². The van der Waals surface area contributed by atoms with Crippen molar-refractivity contribution in [2.75, 3.05) is 14.2 Å². The molecule has 0 atom stereocenters. The van der Waals surface area contributed by atoms with E-state index in [9.17, 15) is 13.6 Å². The van der Waals surface area contributed by atoms with E-state index in [1.54, 1.807) is 49.5 Å². The zero-order valence-corrected chi connectivity index (χ0v) is 16.2. The average Bonchev–Trinajstić information content (AvgIpc) is 2.73. The average molecular weight is 397 g/mol. The Morgan fingerprint density at radius 1 is 0.931 bits per heavy atom. The molecule has 0 fully saturated rings. The summed E-state index contributed by atoms with van der Waals surface area (Å²) in [5, 5.41) is 0. The van der Waals surface area contributed by atoms with Gasteiger partial charge in [-0.3, -0.25) is 4.79 Å². The molecule has 1 amide bonds. The molecule has 6 heteroatoms. The molecule has 0 saturated heterocycles. The van der Waals surface area contributed by atoms with E-state index in [-0.39, 0.29) is 30.6 Å². The molecular weight excluding hydrogens is 376 g/mol. The maximum atomic E-state index is 13.9. The predicted molar refractivity (Wildman–Crippen MR) is 106 cm³/mol. The van der Waals surface area contributed by atoms with Gasteiger partial charge in [0.2, 0.25) is 0 Å². The van der Waals surface area contributed by atoms with Gasteiger partial charge in [-0.2, -0.15) is 0 Å². The first kappa shape index (κ1) is 20.3. The SMILES string of the molecule is COc1ccc(CN(C)C(=O)c2ccccc2OCc2ccc(F)cc2)cc1F. The van der Waals surface area contributed by atoms with Crippen LogP contribution in [0.3, 0.4) is 0 Å². The highest BCUT2D eigenvalue weighted by molar-refractivity contribution is 5.96. The molecule has 0 aliphatic rings. The standard InChI is InChI=1S/C23H21F2NO3/c1-26(14-17-9-12-22(28-2)20(25)13-17)23(27)19-5-3-4-6-21(19)29-15-16-7-10-18(24)11-8-16/h3-13H,14-15H2,1-2H3. The molecule has 0 aromatic heterocycles. The number of rotatable bonds is 7. The van der Waals surface area contributed by atoms with Gasteiger partial charge in [0.05, 0.1) is 12.7 Å². The summed E-state index contributed by atoms with van der Waals surface area (Å²) in [7, 11) is 3.04. The lowest BCUT2D eigenvalue weighted by Crippen LogP contribution is -2.26. The second-order valence-corrected chi connectivity index (χ2v) is 6.54. The van der Waals surface area contributed by atoms with Crippen LogP contribution in [0.4, 0.5) is 8.78 Å². The second-order valence-electron chi connectivity index (χ2n) is 6.54. The molecule has 29 heavy (non-hydrogen) atoms. The second kappa shape index (κ2) is 9.19. The van der Waals surface area contributed by atoms with E-state index in [2.05, 4.69) is 0 Å². The van der Waals surface area contributed by atoms with Gasteiger partial charge in [0.25, 0.3) is 5.91 Å². The van der Waals surface area contributed by atoms with Crippen LogP contribution in [-0.4, -0.2) is 25.0 Å². The number of amides is 1. The number of nitrogens with zero attached hydrogens (tertiary/aromatic N) is 1. The number of carbonyl (C=O) groups is 1. The fraction of sp³-hybridized carbons (Fsp3) is 0.174. The van der Waals surface area contributed by atoms with Crippen molar-refractivity contribution < 1.29 is 23.0 Å². The van der Waals surface area contributed by atoms with Crippen molar-refractivity contribution in [2.24, 2.45) is 0 Å². The van der Waals surface area contributed by atoms with Crippen LogP contribution < -0.4 is 9.47 Å². The number of carbonyl (C=O) groups excluding carboxylic acids is 1. The summed E-state index contributed by atoms with van der Waals surface area (Å²) in [4.78, 5) is 14.4. The van der Waals surface area contributed by atoms with Crippen LogP contribution in [-0.2, 0) is 13.2 Å². The summed E-state index contributed by atoms with van der Waals surface area (Å²) in [6.45, 7) is 0.435. The van der Waals surface area contributed by atoms with Crippen LogP contribution in [0.25, 0.3) is 0 Å². The molecule has 0 bridgehead atoms. The summed E-state index contributed by atoms with van der Waals surface area (Å²) in [5.74, 6) is -0.470. The third-order valence-corrected chi connectivity index (χ3v) is 4.41. The van der Waals surface area contributed by atoms with Gasteiger partial charge < -0.3 is 14.4 Å². The minimum Gasteiger partial charge on any atom is -0.494 e. The zero-order chi connectivity index (χ0) is 20.8. The van der Waals surface area contributed by atoms with Crippen molar-refractivity contribution in [3.8, 4) is 11.5 Å². The Hall–Kier alpha value is -3.41. The fourth-order valence-electron chi connectivity index (χ4n) is 2.87. The van der Waals surface area contributed by atoms with Crippen LogP contribution in [0.1, 0.15) is 21.5 Å². The zero-order valence-electron chi connectivity index (χ0n) is 16.2. The number of ether oxygens (including phenoxy) is 2. The highest BCUT2D eigenvalue weighted by Gasteiger charge is 2.17. The fourth-order valence-corrected chi connectivity index (χ4v) is 2.87. The van der Waals surface area contributed by atoms with Crippen LogP contribution in [0.5, 0.6) is 11.5 Å². The largest absolute Gasteiger partial charge is 0.494 e. The molecule has 3 aromatic carbocycles. The van der Waals surface area contributed by atoms with Crippen molar-refractivity contribution in [1.29, 1.82) is 0 Å². The van der Waals surface area contributed by atoms with Gasteiger partial charge in [-0.15, -0.1) is 0 Å². The maximum Gasteiger partial charge on any atom is 0.257 e. The van der Waals surface area contributed by atoms with Gasteiger partial charge in [0.1, 0.15) is 18.2 Å². The van der Waals surface area contributed by atoms with Gasteiger partial charge in [-0.25, -0.2) is 8.78 Å². The predicted octanol–water partition coefficient (Wildman–Crippen LogP) is 4.82. The molecule has 0 saturated carbocycles. The lowest BCUT2D eigenvalue weighted by Gasteiger charge is -2.19. The van der Waals surface area contributed by atoms with E-state index in [0.717, 1.165) is 5.56 Å². The number of halogens is 2. The van der Waals surface area contributed by atoms with E-state index in [1.807, 2.05) is 0 Å². The van der Waals surface area contributed by atoms with Crippen LogP contribution in [0.15, 0.2) is 66.7 Å². The van der Waals surface area contributed by atoms with Gasteiger partial charge in [0, 0.05) is 13.6 Å². The summed E-state index contributed by atoms with van der Waals surface area (Å²) in [6, 6.07) is 17.5. The highest BCUT2D eigenvalue weighted by Crippen LogP contribution is 2.23. The molecule has 3 rings (SSSR count). The third-order valence-electron chi connectivity index (χ3n) is 4.41. The van der Waals surface area contributed by atoms with Gasteiger partial charge in [-0.05, 0) is 47.5 Å². The first-order chi connectivity index (χ1) is 14.0. The number of hydrogen-bond donors (Lipinski definition) is 0.